The highest BCUT2D eigenvalue weighted by molar-refractivity contribution is 5.94. The maximum absolute atomic E-state index is 12.5. The number of nitrogens with two attached hydrogens (primary N) is 1. The molecule has 110 valence electrons. The van der Waals surface area contributed by atoms with Gasteiger partial charge in [0.2, 0.25) is 5.91 Å². The van der Waals surface area contributed by atoms with E-state index in [-0.39, 0.29) is 17.7 Å². The molecule has 1 aromatic carbocycles. The first-order valence-electron chi connectivity index (χ1n) is 6.64. The van der Waals surface area contributed by atoms with Crippen LogP contribution in [0.5, 0.6) is 0 Å². The van der Waals surface area contributed by atoms with Crippen LogP contribution in [0.25, 0.3) is 0 Å². The molecule has 1 rings (SSSR count). The van der Waals surface area contributed by atoms with Gasteiger partial charge in [0.1, 0.15) is 0 Å². The van der Waals surface area contributed by atoms with Crippen molar-refractivity contribution in [1.82, 2.24) is 5.32 Å². The summed E-state index contributed by atoms with van der Waals surface area (Å²) in [6.07, 6.45) is 0. The summed E-state index contributed by atoms with van der Waals surface area (Å²) in [5.41, 5.74) is 5.86. The molecule has 0 saturated carbocycles. The van der Waals surface area contributed by atoms with Gasteiger partial charge in [-0.2, -0.15) is 0 Å². The van der Waals surface area contributed by atoms with Gasteiger partial charge in [-0.3, -0.25) is 4.79 Å². The number of nitrogens with zero attached hydrogens (tertiary/aromatic N) is 1. The number of hydrogen-bond acceptors (Lipinski definition) is 3. The Hall–Kier alpha value is -2.04. The van der Waals surface area contributed by atoms with Crippen LogP contribution < -0.4 is 11.1 Å². The van der Waals surface area contributed by atoms with Crippen molar-refractivity contribution in [1.29, 1.82) is 0 Å². The standard InChI is InChI=1S/C15H23N3O2/c1-10(2)12(13(16)18-20)17-14(19)15(3,4)11-8-6-5-7-9-11/h5-10,12,20H,1-4H3,(H2,16,18)(H,17,19). The second kappa shape index (κ2) is 6.41. The van der Waals surface area contributed by atoms with Gasteiger partial charge in [0.05, 0.1) is 11.5 Å². The Morgan fingerprint density at radius 1 is 1.30 bits per heavy atom. The van der Waals surface area contributed by atoms with Crippen molar-refractivity contribution in [3.8, 4) is 0 Å². The molecule has 0 aliphatic carbocycles. The van der Waals surface area contributed by atoms with Crippen LogP contribution in [0.4, 0.5) is 0 Å². The van der Waals surface area contributed by atoms with E-state index in [1.54, 1.807) is 0 Å². The Labute approximate surface area is 119 Å². The molecule has 0 saturated heterocycles. The van der Waals surface area contributed by atoms with Crippen LogP contribution >= 0.6 is 0 Å². The van der Waals surface area contributed by atoms with Crippen LogP contribution in [-0.2, 0) is 10.2 Å². The Kier molecular flexibility index (Phi) is 5.13. The molecule has 0 spiro atoms. The van der Waals surface area contributed by atoms with E-state index in [9.17, 15) is 4.79 Å². The summed E-state index contributed by atoms with van der Waals surface area (Å²) in [7, 11) is 0. The molecular formula is C15H23N3O2. The van der Waals surface area contributed by atoms with Crippen LogP contribution in [0.2, 0.25) is 0 Å². The van der Waals surface area contributed by atoms with Crippen LogP contribution in [-0.4, -0.2) is 23.0 Å². The number of hydrogen-bond donors (Lipinski definition) is 3. The molecule has 0 radical (unpaired) electrons. The van der Waals surface area contributed by atoms with E-state index >= 15 is 0 Å². The summed E-state index contributed by atoms with van der Waals surface area (Å²) in [6.45, 7) is 7.50. The van der Waals surface area contributed by atoms with Crippen molar-refractivity contribution < 1.29 is 10.0 Å². The number of benzene rings is 1. The van der Waals surface area contributed by atoms with Crippen molar-refractivity contribution >= 4 is 11.7 Å². The molecule has 0 fully saturated rings. The average Bonchev–Trinajstić information content (AvgIpc) is 2.44. The van der Waals surface area contributed by atoms with Gasteiger partial charge >= 0.3 is 0 Å². The van der Waals surface area contributed by atoms with Gasteiger partial charge in [-0.1, -0.05) is 49.3 Å². The van der Waals surface area contributed by atoms with E-state index in [1.165, 1.54) is 0 Å². The summed E-state index contributed by atoms with van der Waals surface area (Å²) in [5.74, 6) is -0.118. The number of oxime groups is 1. The minimum Gasteiger partial charge on any atom is -0.409 e. The highest BCUT2D eigenvalue weighted by Gasteiger charge is 2.32. The number of carbonyl (C=O) groups excluding carboxylic acids is 1. The maximum Gasteiger partial charge on any atom is 0.230 e. The lowest BCUT2D eigenvalue weighted by Gasteiger charge is -2.29. The number of rotatable bonds is 5. The number of amidine groups is 1. The molecule has 0 aromatic heterocycles. The first-order valence-corrected chi connectivity index (χ1v) is 6.64. The first-order chi connectivity index (χ1) is 9.30. The lowest BCUT2D eigenvalue weighted by molar-refractivity contribution is -0.126. The Bertz CT molecular complexity index is 481. The summed E-state index contributed by atoms with van der Waals surface area (Å²) in [6, 6.07) is 9.03. The lowest BCUT2D eigenvalue weighted by atomic mass is 9.83. The zero-order valence-corrected chi connectivity index (χ0v) is 12.4. The quantitative estimate of drug-likeness (QED) is 0.332. The monoisotopic (exact) mass is 277 g/mol. The topological polar surface area (TPSA) is 87.7 Å². The van der Waals surface area contributed by atoms with Crippen LogP contribution in [0.15, 0.2) is 35.5 Å². The normalized spacial score (nSPS) is 14.2. The second-order valence-corrected chi connectivity index (χ2v) is 5.71. The molecule has 1 aromatic rings. The molecular weight excluding hydrogens is 254 g/mol. The van der Waals surface area contributed by atoms with Gasteiger partial charge in [-0.15, -0.1) is 0 Å². The van der Waals surface area contributed by atoms with Gasteiger partial charge in [-0.25, -0.2) is 0 Å². The van der Waals surface area contributed by atoms with Crippen molar-refractivity contribution in [3.05, 3.63) is 35.9 Å². The van der Waals surface area contributed by atoms with Crippen molar-refractivity contribution in [2.24, 2.45) is 16.8 Å². The zero-order chi connectivity index (χ0) is 15.3. The Morgan fingerprint density at radius 3 is 2.30 bits per heavy atom. The summed E-state index contributed by atoms with van der Waals surface area (Å²) in [5, 5.41) is 14.6. The fourth-order valence-electron chi connectivity index (χ4n) is 1.95. The van der Waals surface area contributed by atoms with Gasteiger partial charge in [0.15, 0.2) is 5.84 Å². The van der Waals surface area contributed by atoms with Crippen LogP contribution in [0.1, 0.15) is 33.3 Å². The van der Waals surface area contributed by atoms with E-state index in [0.717, 1.165) is 5.56 Å². The molecule has 0 aliphatic heterocycles. The third-order valence-corrected chi connectivity index (χ3v) is 3.45. The smallest absolute Gasteiger partial charge is 0.230 e. The van der Waals surface area contributed by atoms with Crippen LogP contribution in [0.3, 0.4) is 0 Å². The molecule has 5 nitrogen and oxygen atoms in total. The number of amides is 1. The predicted molar refractivity (Wildman–Crippen MR) is 79.6 cm³/mol. The third-order valence-electron chi connectivity index (χ3n) is 3.45. The fraction of sp³-hybridized carbons (Fsp3) is 0.467. The fourth-order valence-corrected chi connectivity index (χ4v) is 1.95. The largest absolute Gasteiger partial charge is 0.409 e. The number of nitrogens with one attached hydrogen (secondary N) is 1. The summed E-state index contributed by atoms with van der Waals surface area (Å²) >= 11 is 0. The molecule has 0 heterocycles. The van der Waals surface area contributed by atoms with E-state index in [1.807, 2.05) is 58.0 Å². The molecule has 1 atom stereocenters. The predicted octanol–water partition coefficient (Wildman–Crippen LogP) is 1.85. The number of carbonyl (C=O) groups is 1. The van der Waals surface area contributed by atoms with Crippen molar-refractivity contribution in [2.75, 3.05) is 0 Å². The maximum atomic E-state index is 12.5. The van der Waals surface area contributed by atoms with Gasteiger partial charge < -0.3 is 16.3 Å². The average molecular weight is 277 g/mol. The summed E-state index contributed by atoms with van der Waals surface area (Å²) in [4.78, 5) is 12.5. The van der Waals surface area contributed by atoms with Crippen molar-refractivity contribution in [3.63, 3.8) is 0 Å². The Balaban J connectivity index is 2.94. The van der Waals surface area contributed by atoms with Gasteiger partial charge in [-0.05, 0) is 25.3 Å². The Morgan fingerprint density at radius 2 is 1.85 bits per heavy atom. The molecule has 1 amide bonds. The minimum atomic E-state index is -0.690. The van der Waals surface area contributed by atoms with Gasteiger partial charge in [0.25, 0.3) is 0 Å². The molecule has 0 aliphatic rings. The SMILES string of the molecule is CC(C)C(NC(=O)C(C)(C)c1ccccc1)C(N)=NO. The van der Waals surface area contributed by atoms with Crippen molar-refractivity contribution in [2.45, 2.75) is 39.2 Å². The lowest BCUT2D eigenvalue weighted by Crippen LogP contribution is -2.52. The molecule has 4 N–H and O–H groups in total. The highest BCUT2D eigenvalue weighted by Crippen LogP contribution is 2.23. The minimum absolute atomic E-state index is 0.0113. The molecule has 5 heteroatoms. The first kappa shape index (κ1) is 16.0. The summed E-state index contributed by atoms with van der Waals surface area (Å²) < 4.78 is 0. The van der Waals surface area contributed by atoms with E-state index in [4.69, 9.17) is 10.9 Å². The van der Waals surface area contributed by atoms with E-state index in [0.29, 0.717) is 0 Å². The van der Waals surface area contributed by atoms with E-state index < -0.39 is 11.5 Å². The molecule has 1 unspecified atom stereocenters. The highest BCUT2D eigenvalue weighted by atomic mass is 16.4. The molecule has 0 bridgehead atoms. The molecule has 20 heavy (non-hydrogen) atoms. The van der Waals surface area contributed by atoms with Gasteiger partial charge in [0, 0.05) is 0 Å². The second-order valence-electron chi connectivity index (χ2n) is 5.71. The third kappa shape index (κ3) is 3.50. The van der Waals surface area contributed by atoms with E-state index in [2.05, 4.69) is 10.5 Å². The zero-order valence-electron chi connectivity index (χ0n) is 12.4. The van der Waals surface area contributed by atoms with Crippen LogP contribution in [0, 0.1) is 5.92 Å².